The number of fused-ring (bicyclic) bond motifs is 1. The number of nitrogens with zero attached hydrogens (tertiary/aromatic N) is 2. The fraction of sp³-hybridized carbons (Fsp3) is 0.600. The predicted molar refractivity (Wildman–Crippen MR) is 109 cm³/mol. The van der Waals surface area contributed by atoms with Gasteiger partial charge in [-0.1, -0.05) is 12.1 Å². The molecule has 0 spiro atoms. The van der Waals surface area contributed by atoms with Crippen LogP contribution in [0.4, 0.5) is 0 Å². The molecule has 0 saturated carbocycles. The maximum atomic E-state index is 5.49. The zero-order valence-corrected chi connectivity index (χ0v) is 16.3. The Morgan fingerprint density at radius 1 is 1.19 bits per heavy atom. The Bertz CT molecular complexity index is 665. The Morgan fingerprint density at radius 3 is 2.88 bits per heavy atom. The van der Waals surface area contributed by atoms with E-state index < -0.39 is 0 Å². The maximum absolute atomic E-state index is 5.49. The summed E-state index contributed by atoms with van der Waals surface area (Å²) < 4.78 is 5.49. The molecule has 1 atom stereocenters. The molecule has 0 aliphatic carbocycles. The van der Waals surface area contributed by atoms with E-state index >= 15 is 0 Å². The molecule has 2 fully saturated rings. The van der Waals surface area contributed by atoms with Crippen LogP contribution in [0.25, 0.3) is 10.9 Å². The van der Waals surface area contributed by atoms with Crippen molar-refractivity contribution in [1.82, 2.24) is 20.1 Å². The van der Waals surface area contributed by atoms with Crippen LogP contribution >= 0.6 is 12.4 Å². The minimum atomic E-state index is 0. The number of rotatable bonds is 6. The van der Waals surface area contributed by atoms with Gasteiger partial charge < -0.3 is 15.0 Å². The van der Waals surface area contributed by atoms with Gasteiger partial charge in [-0.15, -0.1) is 12.4 Å². The first-order chi connectivity index (χ1) is 12.4. The lowest BCUT2D eigenvalue weighted by Crippen LogP contribution is -2.49. The standard InChI is InChI=1S/C20H30N4O.ClH/c1-3-17(19-6-8-22-20(19)5-1)16-24(18-4-2-7-21-15-18)10-9-23-11-13-25-14-12-23;/h1,3,5-6,8,18,21-22H,2,4,7,9-16H2;1H. The first-order valence-electron chi connectivity index (χ1n) is 9.70. The maximum Gasteiger partial charge on any atom is 0.0594 e. The van der Waals surface area contributed by atoms with Crippen molar-refractivity contribution in [2.75, 3.05) is 52.5 Å². The zero-order valence-electron chi connectivity index (χ0n) is 15.5. The van der Waals surface area contributed by atoms with E-state index in [1.807, 2.05) is 0 Å². The second-order valence-electron chi connectivity index (χ2n) is 7.28. The van der Waals surface area contributed by atoms with Crippen molar-refractivity contribution in [3.8, 4) is 0 Å². The molecule has 2 N–H and O–H groups in total. The summed E-state index contributed by atoms with van der Waals surface area (Å²) in [7, 11) is 0. The Morgan fingerprint density at radius 2 is 2.08 bits per heavy atom. The molecular formula is C20H31ClN4O. The van der Waals surface area contributed by atoms with Gasteiger partial charge in [0.05, 0.1) is 13.2 Å². The van der Waals surface area contributed by atoms with Crippen molar-refractivity contribution >= 4 is 23.3 Å². The van der Waals surface area contributed by atoms with Gasteiger partial charge in [-0.2, -0.15) is 0 Å². The van der Waals surface area contributed by atoms with E-state index in [2.05, 4.69) is 50.6 Å². The van der Waals surface area contributed by atoms with Gasteiger partial charge in [0.25, 0.3) is 0 Å². The van der Waals surface area contributed by atoms with Crippen LogP contribution in [0.3, 0.4) is 0 Å². The van der Waals surface area contributed by atoms with Crippen molar-refractivity contribution in [2.45, 2.75) is 25.4 Å². The number of aromatic nitrogens is 1. The highest BCUT2D eigenvalue weighted by molar-refractivity contribution is 5.85. The first-order valence-corrected chi connectivity index (χ1v) is 9.70. The average molecular weight is 379 g/mol. The molecule has 0 radical (unpaired) electrons. The van der Waals surface area contributed by atoms with E-state index in [9.17, 15) is 0 Å². The number of morpholine rings is 1. The van der Waals surface area contributed by atoms with E-state index in [1.165, 1.54) is 35.9 Å². The highest BCUT2D eigenvalue weighted by atomic mass is 35.5. The molecular weight excluding hydrogens is 348 g/mol. The van der Waals surface area contributed by atoms with Crippen molar-refractivity contribution in [1.29, 1.82) is 0 Å². The number of hydrogen-bond acceptors (Lipinski definition) is 4. The van der Waals surface area contributed by atoms with Gasteiger partial charge in [0, 0.05) is 62.4 Å². The number of ether oxygens (including phenoxy) is 1. The summed E-state index contributed by atoms with van der Waals surface area (Å²) in [4.78, 5) is 8.59. The third-order valence-electron chi connectivity index (χ3n) is 5.65. The van der Waals surface area contributed by atoms with Gasteiger partial charge in [0.1, 0.15) is 0 Å². The highest BCUT2D eigenvalue weighted by Crippen LogP contribution is 2.21. The van der Waals surface area contributed by atoms with Gasteiger partial charge in [0.15, 0.2) is 0 Å². The Balaban J connectivity index is 0.00000196. The van der Waals surface area contributed by atoms with Crippen LogP contribution in [0.2, 0.25) is 0 Å². The largest absolute Gasteiger partial charge is 0.379 e. The Hall–Kier alpha value is -1.11. The molecule has 26 heavy (non-hydrogen) atoms. The first kappa shape index (κ1) is 19.6. The van der Waals surface area contributed by atoms with Crippen molar-refractivity contribution in [2.24, 2.45) is 0 Å². The summed E-state index contributed by atoms with van der Waals surface area (Å²) in [5.41, 5.74) is 2.68. The smallest absolute Gasteiger partial charge is 0.0594 e. The van der Waals surface area contributed by atoms with Crippen LogP contribution in [-0.2, 0) is 11.3 Å². The molecule has 1 aromatic carbocycles. The molecule has 3 heterocycles. The minimum absolute atomic E-state index is 0. The third-order valence-corrected chi connectivity index (χ3v) is 5.65. The molecule has 4 rings (SSSR count). The predicted octanol–water partition coefficient (Wildman–Crippen LogP) is 2.48. The van der Waals surface area contributed by atoms with Crippen molar-refractivity contribution in [3.05, 3.63) is 36.0 Å². The van der Waals surface area contributed by atoms with Gasteiger partial charge >= 0.3 is 0 Å². The van der Waals surface area contributed by atoms with Gasteiger partial charge in [0.2, 0.25) is 0 Å². The molecule has 2 aliphatic rings. The fourth-order valence-electron chi connectivity index (χ4n) is 4.14. The van der Waals surface area contributed by atoms with Crippen molar-refractivity contribution < 1.29 is 4.74 Å². The van der Waals surface area contributed by atoms with E-state index in [1.54, 1.807) is 0 Å². The SMILES string of the molecule is Cl.c1cc(CN(CCN2CCOCC2)C2CCCNC2)c2cc[nH]c2c1. The summed E-state index contributed by atoms with van der Waals surface area (Å²) in [6.07, 6.45) is 4.64. The number of H-pyrrole nitrogens is 1. The Kier molecular flexibility index (Phi) is 7.34. The molecule has 6 heteroatoms. The van der Waals surface area contributed by atoms with E-state index in [0.717, 1.165) is 52.5 Å². The summed E-state index contributed by atoms with van der Waals surface area (Å²) in [6, 6.07) is 9.48. The number of benzene rings is 1. The molecule has 2 aliphatic heterocycles. The molecule has 144 valence electrons. The van der Waals surface area contributed by atoms with Crippen LogP contribution in [0.15, 0.2) is 30.5 Å². The fourth-order valence-corrected chi connectivity index (χ4v) is 4.14. The number of aromatic amines is 1. The van der Waals surface area contributed by atoms with Crippen molar-refractivity contribution in [3.63, 3.8) is 0 Å². The quantitative estimate of drug-likeness (QED) is 0.810. The number of piperidine rings is 1. The monoisotopic (exact) mass is 378 g/mol. The summed E-state index contributed by atoms with van der Waals surface area (Å²) in [5.74, 6) is 0. The summed E-state index contributed by atoms with van der Waals surface area (Å²) in [5, 5.41) is 4.95. The second-order valence-corrected chi connectivity index (χ2v) is 7.28. The van der Waals surface area contributed by atoms with E-state index in [0.29, 0.717) is 6.04 Å². The highest BCUT2D eigenvalue weighted by Gasteiger charge is 2.22. The van der Waals surface area contributed by atoms with Gasteiger partial charge in [-0.3, -0.25) is 9.80 Å². The molecule has 5 nitrogen and oxygen atoms in total. The minimum Gasteiger partial charge on any atom is -0.379 e. The molecule has 2 saturated heterocycles. The Labute approximate surface area is 162 Å². The lowest BCUT2D eigenvalue weighted by molar-refractivity contribution is 0.0290. The number of halogens is 1. The molecule has 1 aromatic heterocycles. The van der Waals surface area contributed by atoms with Crippen LogP contribution < -0.4 is 5.32 Å². The summed E-state index contributed by atoms with van der Waals surface area (Å²) >= 11 is 0. The van der Waals surface area contributed by atoms with Crippen LogP contribution in [0.5, 0.6) is 0 Å². The second kappa shape index (κ2) is 9.72. The lowest BCUT2D eigenvalue weighted by Gasteiger charge is -2.37. The molecule has 0 bridgehead atoms. The van der Waals surface area contributed by atoms with Gasteiger partial charge in [-0.05, 0) is 37.1 Å². The summed E-state index contributed by atoms with van der Waals surface area (Å²) in [6.45, 7) is 9.50. The molecule has 1 unspecified atom stereocenters. The van der Waals surface area contributed by atoms with E-state index in [4.69, 9.17) is 4.74 Å². The number of hydrogen-bond donors (Lipinski definition) is 2. The third kappa shape index (κ3) is 4.78. The lowest BCUT2D eigenvalue weighted by atomic mass is 10.0. The number of nitrogens with one attached hydrogen (secondary N) is 2. The van der Waals surface area contributed by atoms with Crippen LogP contribution in [-0.4, -0.2) is 73.3 Å². The van der Waals surface area contributed by atoms with Crippen LogP contribution in [0, 0.1) is 0 Å². The average Bonchev–Trinajstić information content (AvgIpc) is 3.16. The zero-order chi connectivity index (χ0) is 16.9. The molecule has 0 amide bonds. The topological polar surface area (TPSA) is 43.5 Å². The van der Waals surface area contributed by atoms with Crippen LogP contribution in [0.1, 0.15) is 18.4 Å². The van der Waals surface area contributed by atoms with Gasteiger partial charge in [-0.25, -0.2) is 0 Å². The normalized spacial score (nSPS) is 21.8. The molecule has 2 aromatic rings. The van der Waals surface area contributed by atoms with E-state index in [-0.39, 0.29) is 12.4 Å².